The van der Waals surface area contributed by atoms with Crippen molar-refractivity contribution in [3.8, 4) is 23.0 Å². The van der Waals surface area contributed by atoms with Crippen molar-refractivity contribution in [1.82, 2.24) is 4.98 Å². The lowest BCUT2D eigenvalue weighted by Crippen LogP contribution is -2.18. The third kappa shape index (κ3) is 3.46. The largest absolute Gasteiger partial charge is 0.493 e. The molecule has 2 heterocycles. The molecule has 0 fully saturated rings. The van der Waals surface area contributed by atoms with E-state index in [2.05, 4.69) is 4.98 Å². The van der Waals surface area contributed by atoms with Gasteiger partial charge in [-0.3, -0.25) is 14.6 Å². The third-order valence-corrected chi connectivity index (χ3v) is 3.99. The number of fused-ring (bicyclic) bond motifs is 1. The van der Waals surface area contributed by atoms with Crippen molar-refractivity contribution in [3.05, 3.63) is 41.7 Å². The number of ether oxygens (including phenoxy) is 4. The minimum absolute atomic E-state index is 0.0224. The number of rotatable bonds is 7. The molecule has 0 unspecified atom stereocenters. The Morgan fingerprint density at radius 1 is 1.04 bits per heavy atom. The Kier molecular flexibility index (Phi) is 5.36. The molecular formula is C19H19NO6. The van der Waals surface area contributed by atoms with Crippen LogP contribution in [0.4, 0.5) is 0 Å². The zero-order valence-corrected chi connectivity index (χ0v) is 14.6. The van der Waals surface area contributed by atoms with E-state index in [1.54, 1.807) is 30.5 Å². The van der Waals surface area contributed by atoms with Gasteiger partial charge in [0, 0.05) is 19.0 Å². The predicted octanol–water partition coefficient (Wildman–Crippen LogP) is 2.72. The lowest BCUT2D eigenvalue weighted by molar-refractivity contribution is 0.0911. The number of pyridine rings is 1. The van der Waals surface area contributed by atoms with Crippen LogP contribution in [0.3, 0.4) is 0 Å². The molecule has 26 heavy (non-hydrogen) atoms. The molecule has 7 heteroatoms. The summed E-state index contributed by atoms with van der Waals surface area (Å²) in [4.78, 5) is 28.9. The number of hydrogen-bond donors (Lipinski definition) is 0. The van der Waals surface area contributed by atoms with Crippen LogP contribution in [0.1, 0.15) is 33.7 Å². The zero-order chi connectivity index (χ0) is 18.5. The van der Waals surface area contributed by atoms with Gasteiger partial charge in [0.25, 0.3) is 0 Å². The molecule has 7 nitrogen and oxygen atoms in total. The molecular weight excluding hydrogens is 338 g/mol. The van der Waals surface area contributed by atoms with E-state index in [-0.39, 0.29) is 30.2 Å². The second kappa shape index (κ2) is 7.86. The van der Waals surface area contributed by atoms with Gasteiger partial charge in [-0.1, -0.05) is 6.07 Å². The Labute approximate surface area is 150 Å². The Balaban J connectivity index is 1.83. The van der Waals surface area contributed by atoms with Gasteiger partial charge < -0.3 is 18.9 Å². The first-order valence-electron chi connectivity index (χ1n) is 8.17. The maximum Gasteiger partial charge on any atom is 0.208 e. The molecule has 0 saturated heterocycles. The van der Waals surface area contributed by atoms with Crippen molar-refractivity contribution in [2.75, 3.05) is 27.4 Å². The molecule has 0 saturated carbocycles. The van der Waals surface area contributed by atoms with Crippen LogP contribution in [0.15, 0.2) is 30.5 Å². The molecule has 0 aliphatic carbocycles. The van der Waals surface area contributed by atoms with Gasteiger partial charge in [-0.25, -0.2) is 0 Å². The lowest BCUT2D eigenvalue weighted by atomic mass is 10.0. The van der Waals surface area contributed by atoms with E-state index in [1.165, 1.54) is 14.2 Å². The van der Waals surface area contributed by atoms with E-state index < -0.39 is 0 Å². The van der Waals surface area contributed by atoms with Crippen molar-refractivity contribution in [2.45, 2.75) is 12.8 Å². The van der Waals surface area contributed by atoms with E-state index in [0.29, 0.717) is 41.7 Å². The fourth-order valence-corrected chi connectivity index (χ4v) is 2.73. The van der Waals surface area contributed by atoms with Crippen LogP contribution in [0.2, 0.25) is 0 Å². The van der Waals surface area contributed by atoms with E-state index in [1.807, 2.05) is 0 Å². The van der Waals surface area contributed by atoms with Crippen LogP contribution < -0.4 is 18.9 Å². The van der Waals surface area contributed by atoms with E-state index in [9.17, 15) is 9.59 Å². The maximum absolute atomic E-state index is 12.7. The molecule has 1 aromatic heterocycles. The van der Waals surface area contributed by atoms with Crippen LogP contribution in [-0.2, 0) is 0 Å². The van der Waals surface area contributed by atoms with Crippen LogP contribution >= 0.6 is 0 Å². The zero-order valence-electron chi connectivity index (χ0n) is 14.6. The van der Waals surface area contributed by atoms with Gasteiger partial charge in [0.2, 0.25) is 11.5 Å². The fraction of sp³-hybridized carbons (Fsp3) is 0.316. The number of Topliss-reactive ketones (excluding diaryl/α,β-unsaturated/α-hetero) is 2. The topological polar surface area (TPSA) is 84.0 Å². The number of carbonyl (C=O) groups excluding carboxylic acids is 2. The highest BCUT2D eigenvalue weighted by Crippen LogP contribution is 2.48. The van der Waals surface area contributed by atoms with E-state index in [4.69, 9.17) is 18.9 Å². The summed E-state index contributed by atoms with van der Waals surface area (Å²) in [6, 6.07) is 6.64. The normalized spacial score (nSPS) is 12.4. The van der Waals surface area contributed by atoms with Crippen LogP contribution in [-0.4, -0.2) is 44.0 Å². The molecule has 136 valence electrons. The summed E-state index contributed by atoms with van der Waals surface area (Å²) in [5.41, 5.74) is 0.634. The lowest BCUT2D eigenvalue weighted by Gasteiger charge is -2.24. The Morgan fingerprint density at radius 2 is 1.77 bits per heavy atom. The molecule has 1 aliphatic heterocycles. The molecule has 1 aliphatic rings. The Morgan fingerprint density at radius 3 is 2.42 bits per heavy atom. The van der Waals surface area contributed by atoms with Gasteiger partial charge in [0.05, 0.1) is 19.8 Å². The summed E-state index contributed by atoms with van der Waals surface area (Å²) in [6.07, 6.45) is 1.62. The molecule has 0 atom stereocenters. The summed E-state index contributed by atoms with van der Waals surface area (Å²) < 4.78 is 21.9. The first kappa shape index (κ1) is 17.7. The SMILES string of the molecule is COc1cc(C(=O)CCC(=O)c2ccccn2)c(OC)c2c1OCCO2. The monoisotopic (exact) mass is 357 g/mol. The molecule has 0 bridgehead atoms. The van der Waals surface area contributed by atoms with Gasteiger partial charge in [-0.15, -0.1) is 0 Å². The molecule has 0 N–H and O–H groups in total. The number of carbonyl (C=O) groups is 2. The van der Waals surface area contributed by atoms with Gasteiger partial charge >= 0.3 is 0 Å². The van der Waals surface area contributed by atoms with Gasteiger partial charge in [-0.05, 0) is 18.2 Å². The maximum atomic E-state index is 12.7. The summed E-state index contributed by atoms with van der Waals surface area (Å²) in [5.74, 6) is 0.994. The first-order chi connectivity index (χ1) is 12.7. The number of ketones is 2. The number of methoxy groups -OCH3 is 2. The average Bonchev–Trinajstić information content (AvgIpc) is 2.71. The van der Waals surface area contributed by atoms with Gasteiger partial charge in [-0.2, -0.15) is 0 Å². The highest BCUT2D eigenvalue weighted by Gasteiger charge is 2.28. The number of nitrogens with zero attached hydrogens (tertiary/aromatic N) is 1. The Bertz CT molecular complexity index is 819. The van der Waals surface area contributed by atoms with Crippen molar-refractivity contribution < 1.29 is 28.5 Å². The smallest absolute Gasteiger partial charge is 0.208 e. The number of benzene rings is 1. The summed E-state index contributed by atoms with van der Waals surface area (Å²) in [5, 5.41) is 0. The molecule has 0 radical (unpaired) electrons. The first-order valence-corrected chi connectivity index (χ1v) is 8.17. The van der Waals surface area contributed by atoms with E-state index >= 15 is 0 Å². The number of hydrogen-bond acceptors (Lipinski definition) is 7. The molecule has 3 rings (SSSR count). The minimum atomic E-state index is -0.249. The molecule has 2 aromatic rings. The van der Waals surface area contributed by atoms with Crippen LogP contribution in [0.5, 0.6) is 23.0 Å². The van der Waals surface area contributed by atoms with E-state index in [0.717, 1.165) is 0 Å². The summed E-state index contributed by atoms with van der Waals surface area (Å²) in [6.45, 7) is 0.737. The van der Waals surface area contributed by atoms with Crippen LogP contribution in [0.25, 0.3) is 0 Å². The molecule has 0 amide bonds. The van der Waals surface area contributed by atoms with Gasteiger partial charge in [0.1, 0.15) is 18.9 Å². The third-order valence-electron chi connectivity index (χ3n) is 3.99. The highest BCUT2D eigenvalue weighted by molar-refractivity contribution is 6.04. The van der Waals surface area contributed by atoms with Crippen molar-refractivity contribution in [1.29, 1.82) is 0 Å². The predicted molar refractivity (Wildman–Crippen MR) is 92.7 cm³/mol. The van der Waals surface area contributed by atoms with Crippen LogP contribution in [0, 0.1) is 0 Å². The summed E-state index contributed by atoms with van der Waals surface area (Å²) >= 11 is 0. The van der Waals surface area contributed by atoms with Crippen molar-refractivity contribution in [2.24, 2.45) is 0 Å². The standard InChI is InChI=1S/C19H19NO6/c1-23-16-11-12(17(24-2)19-18(16)25-9-10-26-19)14(21)6-7-15(22)13-5-3-4-8-20-13/h3-5,8,11H,6-7,9-10H2,1-2H3. The quantitative estimate of drug-likeness (QED) is 0.705. The number of aromatic nitrogens is 1. The minimum Gasteiger partial charge on any atom is -0.493 e. The second-order valence-electron chi connectivity index (χ2n) is 5.58. The molecule has 0 spiro atoms. The summed E-state index contributed by atoms with van der Waals surface area (Å²) in [7, 11) is 2.94. The fourth-order valence-electron chi connectivity index (χ4n) is 2.73. The second-order valence-corrected chi connectivity index (χ2v) is 5.58. The van der Waals surface area contributed by atoms with Gasteiger partial charge in [0.15, 0.2) is 23.1 Å². The highest BCUT2D eigenvalue weighted by atomic mass is 16.6. The molecule has 1 aromatic carbocycles. The average molecular weight is 357 g/mol. The van der Waals surface area contributed by atoms with Crippen molar-refractivity contribution >= 4 is 11.6 Å². The van der Waals surface area contributed by atoms with Crippen molar-refractivity contribution in [3.63, 3.8) is 0 Å². The Hall–Kier alpha value is -3.09.